The van der Waals surface area contributed by atoms with Crippen molar-refractivity contribution in [2.75, 3.05) is 6.54 Å². The molecule has 9 nitrogen and oxygen atoms in total. The van der Waals surface area contributed by atoms with E-state index >= 15 is 0 Å². The molecule has 0 saturated heterocycles. The SMILES string of the molecule is CC(NC(=O)[C@H](CCCNCc1ccccc1O)NC(=O)c1ccc(CNCc2ncc[nH]2)cc1)c1cccc2ccccc12. The van der Waals surface area contributed by atoms with Gasteiger partial charge >= 0.3 is 0 Å². The van der Waals surface area contributed by atoms with E-state index in [0.29, 0.717) is 44.6 Å². The molecule has 4 aromatic carbocycles. The van der Waals surface area contributed by atoms with Crippen molar-refractivity contribution in [3.05, 3.63) is 131 Å². The Morgan fingerprint density at radius 1 is 0.844 bits per heavy atom. The van der Waals surface area contributed by atoms with Crippen LogP contribution in [0.2, 0.25) is 0 Å². The van der Waals surface area contributed by atoms with Crippen LogP contribution in [0, 0.1) is 0 Å². The first kappa shape index (κ1) is 31.4. The maximum atomic E-state index is 13.6. The van der Waals surface area contributed by atoms with Gasteiger partial charge in [0, 0.05) is 36.6 Å². The van der Waals surface area contributed by atoms with Crippen LogP contribution in [0.4, 0.5) is 0 Å². The van der Waals surface area contributed by atoms with Crippen LogP contribution in [0.25, 0.3) is 10.8 Å². The molecular weight excluding hydrogens is 564 g/mol. The highest BCUT2D eigenvalue weighted by molar-refractivity contribution is 5.97. The summed E-state index contributed by atoms with van der Waals surface area (Å²) < 4.78 is 0. The lowest BCUT2D eigenvalue weighted by atomic mass is 9.99. The number of carbonyl (C=O) groups excluding carboxylic acids is 2. The molecule has 232 valence electrons. The standard InChI is InChI=1S/C36H40N6O3/c1-25(30-12-6-10-27-8-2-4-11-31(27)30)41-36(45)32(13-7-19-37-23-29-9-3-5-14-33(29)43)42-35(44)28-17-15-26(16-18-28)22-38-24-34-39-20-21-40-34/h2-6,8-12,14-18,20-21,25,32,37-38,43H,7,13,19,22-24H2,1H3,(H,39,40)(H,41,45)(H,42,44)/t25?,32-/m0/s1. The Hall–Kier alpha value is -4.99. The van der Waals surface area contributed by atoms with Crippen molar-refractivity contribution >= 4 is 22.6 Å². The Bertz CT molecular complexity index is 1680. The fourth-order valence-electron chi connectivity index (χ4n) is 5.34. The molecule has 0 aliphatic rings. The average molecular weight is 605 g/mol. The summed E-state index contributed by atoms with van der Waals surface area (Å²) in [4.78, 5) is 34.2. The zero-order chi connectivity index (χ0) is 31.4. The summed E-state index contributed by atoms with van der Waals surface area (Å²) in [6, 6.07) is 27.8. The van der Waals surface area contributed by atoms with Crippen LogP contribution in [0.15, 0.2) is 103 Å². The van der Waals surface area contributed by atoms with Crippen LogP contribution in [0.5, 0.6) is 5.75 Å². The predicted octanol–water partition coefficient (Wildman–Crippen LogP) is 5.10. The summed E-state index contributed by atoms with van der Waals surface area (Å²) in [6.45, 7) is 4.34. The first-order valence-corrected chi connectivity index (χ1v) is 15.3. The number of phenols is 1. The first-order valence-electron chi connectivity index (χ1n) is 15.3. The fourth-order valence-corrected chi connectivity index (χ4v) is 5.34. The molecule has 6 N–H and O–H groups in total. The van der Waals surface area contributed by atoms with Gasteiger partial charge in [-0.05, 0) is 66.4 Å². The van der Waals surface area contributed by atoms with E-state index in [-0.39, 0.29) is 23.6 Å². The van der Waals surface area contributed by atoms with Gasteiger partial charge in [0.25, 0.3) is 5.91 Å². The van der Waals surface area contributed by atoms with Gasteiger partial charge in [-0.2, -0.15) is 0 Å². The predicted molar refractivity (Wildman–Crippen MR) is 176 cm³/mol. The smallest absolute Gasteiger partial charge is 0.251 e. The molecule has 1 unspecified atom stereocenters. The number of fused-ring (bicyclic) bond motifs is 1. The summed E-state index contributed by atoms with van der Waals surface area (Å²) in [7, 11) is 0. The molecule has 45 heavy (non-hydrogen) atoms. The van der Waals surface area contributed by atoms with Crippen LogP contribution in [-0.4, -0.2) is 39.5 Å². The molecule has 0 bridgehead atoms. The van der Waals surface area contributed by atoms with Crippen LogP contribution in [-0.2, 0) is 24.4 Å². The normalized spacial score (nSPS) is 12.5. The number of nitrogens with zero attached hydrogens (tertiary/aromatic N) is 1. The topological polar surface area (TPSA) is 131 Å². The number of aromatic hydroxyl groups is 1. The lowest BCUT2D eigenvalue weighted by molar-refractivity contribution is -0.123. The van der Waals surface area contributed by atoms with Gasteiger partial charge in [-0.3, -0.25) is 9.59 Å². The van der Waals surface area contributed by atoms with Crippen LogP contribution < -0.4 is 21.3 Å². The molecule has 2 amide bonds. The molecular formula is C36H40N6O3. The zero-order valence-electron chi connectivity index (χ0n) is 25.4. The molecule has 1 aromatic heterocycles. The van der Waals surface area contributed by atoms with Gasteiger partial charge < -0.3 is 31.4 Å². The number of para-hydroxylation sites is 1. The molecule has 0 aliphatic carbocycles. The number of phenolic OH excluding ortho intramolecular Hbond substituents is 1. The highest BCUT2D eigenvalue weighted by atomic mass is 16.3. The Labute approximate surface area is 263 Å². The molecule has 0 spiro atoms. The van der Waals surface area contributed by atoms with E-state index in [4.69, 9.17) is 0 Å². The Morgan fingerprint density at radius 3 is 2.42 bits per heavy atom. The number of amides is 2. The van der Waals surface area contributed by atoms with Crippen molar-refractivity contribution in [2.24, 2.45) is 0 Å². The Morgan fingerprint density at radius 2 is 1.62 bits per heavy atom. The molecule has 0 aliphatic heterocycles. The molecule has 0 fully saturated rings. The second-order valence-corrected chi connectivity index (χ2v) is 11.1. The summed E-state index contributed by atoms with van der Waals surface area (Å²) >= 11 is 0. The Balaban J connectivity index is 1.21. The van der Waals surface area contributed by atoms with E-state index in [1.54, 1.807) is 36.7 Å². The van der Waals surface area contributed by atoms with Gasteiger partial charge in [-0.25, -0.2) is 4.98 Å². The lowest BCUT2D eigenvalue weighted by Crippen LogP contribution is -2.47. The van der Waals surface area contributed by atoms with Crippen molar-refractivity contribution in [3.63, 3.8) is 0 Å². The second-order valence-electron chi connectivity index (χ2n) is 11.1. The first-order chi connectivity index (χ1) is 22.0. The van der Waals surface area contributed by atoms with Crippen molar-refractivity contribution < 1.29 is 14.7 Å². The number of hydrogen-bond donors (Lipinski definition) is 6. The summed E-state index contributed by atoms with van der Waals surface area (Å²) in [6.07, 6.45) is 4.60. The highest BCUT2D eigenvalue weighted by Gasteiger charge is 2.23. The summed E-state index contributed by atoms with van der Waals surface area (Å²) in [5.41, 5.74) is 3.35. The number of rotatable bonds is 15. The maximum absolute atomic E-state index is 13.6. The average Bonchev–Trinajstić information content (AvgIpc) is 3.58. The van der Waals surface area contributed by atoms with E-state index in [1.807, 2.05) is 55.5 Å². The third-order valence-electron chi connectivity index (χ3n) is 7.82. The van der Waals surface area contributed by atoms with E-state index in [0.717, 1.165) is 33.3 Å². The molecule has 0 radical (unpaired) electrons. The number of aromatic amines is 1. The molecule has 9 heteroatoms. The van der Waals surface area contributed by atoms with Crippen LogP contribution in [0.3, 0.4) is 0 Å². The van der Waals surface area contributed by atoms with Gasteiger partial charge in [-0.15, -0.1) is 0 Å². The molecule has 5 rings (SSSR count). The molecule has 1 heterocycles. The van der Waals surface area contributed by atoms with Crippen molar-refractivity contribution in [1.29, 1.82) is 0 Å². The Kier molecular flexibility index (Phi) is 10.9. The number of nitrogens with one attached hydrogen (secondary N) is 5. The summed E-state index contributed by atoms with van der Waals surface area (Å²) in [5, 5.41) is 25.0. The highest BCUT2D eigenvalue weighted by Crippen LogP contribution is 2.24. The molecule has 0 saturated carbocycles. The number of imidazole rings is 1. The van der Waals surface area contributed by atoms with Gasteiger partial charge in [0.05, 0.1) is 12.6 Å². The van der Waals surface area contributed by atoms with E-state index in [2.05, 4.69) is 49.4 Å². The monoisotopic (exact) mass is 604 g/mol. The van der Waals surface area contributed by atoms with Gasteiger partial charge in [0.1, 0.15) is 17.6 Å². The van der Waals surface area contributed by atoms with Gasteiger partial charge in [0.15, 0.2) is 0 Å². The summed E-state index contributed by atoms with van der Waals surface area (Å²) in [5.74, 6) is 0.572. The molecule has 2 atom stereocenters. The van der Waals surface area contributed by atoms with Gasteiger partial charge in [-0.1, -0.05) is 72.8 Å². The van der Waals surface area contributed by atoms with Crippen LogP contribution >= 0.6 is 0 Å². The molecule has 5 aromatic rings. The number of H-pyrrole nitrogens is 1. The van der Waals surface area contributed by atoms with E-state index in [9.17, 15) is 14.7 Å². The maximum Gasteiger partial charge on any atom is 0.251 e. The number of hydrogen-bond acceptors (Lipinski definition) is 6. The van der Waals surface area contributed by atoms with Crippen LogP contribution in [0.1, 0.15) is 58.7 Å². The van der Waals surface area contributed by atoms with Crippen molar-refractivity contribution in [3.8, 4) is 5.75 Å². The van der Waals surface area contributed by atoms with Gasteiger partial charge in [0.2, 0.25) is 5.91 Å². The number of aromatic nitrogens is 2. The third kappa shape index (κ3) is 8.78. The minimum Gasteiger partial charge on any atom is -0.508 e. The van der Waals surface area contributed by atoms with Crippen molar-refractivity contribution in [1.82, 2.24) is 31.2 Å². The van der Waals surface area contributed by atoms with E-state index in [1.165, 1.54) is 0 Å². The fraction of sp³-hybridized carbons (Fsp3) is 0.250. The largest absolute Gasteiger partial charge is 0.508 e. The number of benzene rings is 4. The van der Waals surface area contributed by atoms with E-state index < -0.39 is 6.04 Å². The minimum absolute atomic E-state index is 0.233. The minimum atomic E-state index is -0.725. The quantitative estimate of drug-likeness (QED) is 0.0922. The lowest BCUT2D eigenvalue weighted by Gasteiger charge is -2.23. The number of carbonyl (C=O) groups is 2. The second kappa shape index (κ2) is 15.7. The zero-order valence-corrected chi connectivity index (χ0v) is 25.4. The van der Waals surface area contributed by atoms with Crippen molar-refractivity contribution in [2.45, 2.75) is 51.5 Å². The third-order valence-corrected chi connectivity index (χ3v) is 7.82.